The van der Waals surface area contributed by atoms with Gasteiger partial charge in [-0.15, -0.1) is 0 Å². The van der Waals surface area contributed by atoms with E-state index in [1.807, 2.05) is 19.9 Å². The number of aryl methyl sites for hydroxylation is 1. The predicted molar refractivity (Wildman–Crippen MR) is 120 cm³/mol. The summed E-state index contributed by atoms with van der Waals surface area (Å²) in [5.41, 5.74) is 3.55. The Labute approximate surface area is 179 Å². The quantitative estimate of drug-likeness (QED) is 0.322. The van der Waals surface area contributed by atoms with Crippen LogP contribution in [0.5, 0.6) is 5.75 Å². The van der Waals surface area contributed by atoms with Gasteiger partial charge in [0.1, 0.15) is 5.75 Å². The first-order chi connectivity index (χ1) is 14.5. The molecule has 2 aromatic rings. The molecule has 0 aliphatic carbocycles. The van der Waals surface area contributed by atoms with Crippen molar-refractivity contribution in [3.63, 3.8) is 0 Å². The Morgan fingerprint density at radius 3 is 2.67 bits per heavy atom. The molecule has 0 spiro atoms. The van der Waals surface area contributed by atoms with E-state index in [9.17, 15) is 8.42 Å². The van der Waals surface area contributed by atoms with Gasteiger partial charge in [0.15, 0.2) is 5.96 Å². The summed E-state index contributed by atoms with van der Waals surface area (Å²) in [5, 5.41) is 6.49. The molecule has 30 heavy (non-hydrogen) atoms. The summed E-state index contributed by atoms with van der Waals surface area (Å²) in [6, 6.07) is 13.1. The molecule has 2 aromatic carbocycles. The lowest BCUT2D eigenvalue weighted by molar-refractivity contribution is 0.357. The minimum absolute atomic E-state index is 0.234. The number of nitrogens with one attached hydrogen (secondary N) is 3. The fraction of sp³-hybridized carbons (Fsp3) is 0.409. The van der Waals surface area contributed by atoms with Gasteiger partial charge in [0.25, 0.3) is 0 Å². The van der Waals surface area contributed by atoms with E-state index in [0.29, 0.717) is 12.5 Å². The van der Waals surface area contributed by atoms with E-state index in [0.717, 1.165) is 43.9 Å². The fourth-order valence-electron chi connectivity index (χ4n) is 3.21. The Morgan fingerprint density at radius 2 is 1.90 bits per heavy atom. The van der Waals surface area contributed by atoms with Crippen molar-refractivity contribution >= 4 is 16.0 Å². The molecule has 0 saturated carbocycles. The van der Waals surface area contributed by atoms with Gasteiger partial charge in [-0.05, 0) is 49.6 Å². The first kappa shape index (κ1) is 22.1. The highest BCUT2D eigenvalue weighted by atomic mass is 32.2. The summed E-state index contributed by atoms with van der Waals surface area (Å²) in [4.78, 5) is 4.73. The van der Waals surface area contributed by atoms with Crippen LogP contribution in [0.3, 0.4) is 0 Å². The molecule has 1 heterocycles. The van der Waals surface area contributed by atoms with Crippen LogP contribution in [0, 0.1) is 6.92 Å². The first-order valence-electron chi connectivity index (χ1n) is 10.3. The number of fused-ring (bicyclic) bond motifs is 1. The van der Waals surface area contributed by atoms with Gasteiger partial charge in [0.05, 0.1) is 18.0 Å². The highest BCUT2D eigenvalue weighted by molar-refractivity contribution is 7.89. The molecule has 0 unspecified atom stereocenters. The number of hydrogen-bond donors (Lipinski definition) is 3. The molecule has 8 heteroatoms. The molecule has 0 atom stereocenters. The molecular formula is C22H30N4O3S. The van der Waals surface area contributed by atoms with Crippen molar-refractivity contribution in [2.45, 2.75) is 31.6 Å². The third-order valence-electron chi connectivity index (χ3n) is 4.81. The molecule has 7 nitrogen and oxygen atoms in total. The number of hydrogen-bond acceptors (Lipinski definition) is 4. The van der Waals surface area contributed by atoms with Crippen LogP contribution in [0.25, 0.3) is 0 Å². The predicted octanol–water partition coefficient (Wildman–Crippen LogP) is 2.01. The van der Waals surface area contributed by atoms with Crippen LogP contribution in [0.15, 0.2) is 52.4 Å². The van der Waals surface area contributed by atoms with Gasteiger partial charge in [-0.1, -0.05) is 29.8 Å². The maximum Gasteiger partial charge on any atom is 0.240 e. The van der Waals surface area contributed by atoms with Crippen molar-refractivity contribution in [1.82, 2.24) is 15.4 Å². The first-order valence-corrected chi connectivity index (χ1v) is 11.8. The van der Waals surface area contributed by atoms with Crippen LogP contribution in [-0.2, 0) is 22.9 Å². The lowest BCUT2D eigenvalue weighted by Gasteiger charge is -2.12. The zero-order valence-corrected chi connectivity index (χ0v) is 18.4. The van der Waals surface area contributed by atoms with E-state index in [-0.39, 0.29) is 11.4 Å². The van der Waals surface area contributed by atoms with Gasteiger partial charge in [-0.2, -0.15) is 0 Å². The van der Waals surface area contributed by atoms with Crippen LogP contribution < -0.4 is 20.1 Å². The van der Waals surface area contributed by atoms with Crippen LogP contribution in [-0.4, -0.2) is 47.2 Å². The molecular weight excluding hydrogens is 400 g/mol. The van der Waals surface area contributed by atoms with Crippen LogP contribution in [0.2, 0.25) is 0 Å². The molecule has 0 bridgehead atoms. The van der Waals surface area contributed by atoms with Gasteiger partial charge in [-0.3, -0.25) is 4.99 Å². The van der Waals surface area contributed by atoms with E-state index in [1.165, 1.54) is 11.1 Å². The molecule has 1 aliphatic heterocycles. The third-order valence-corrected chi connectivity index (χ3v) is 6.29. The van der Waals surface area contributed by atoms with E-state index >= 15 is 0 Å². The number of nitrogens with zero attached hydrogens (tertiary/aromatic N) is 1. The van der Waals surface area contributed by atoms with Gasteiger partial charge in [0, 0.05) is 26.1 Å². The Balaban J connectivity index is 1.46. The number of benzene rings is 2. The lowest BCUT2D eigenvalue weighted by atomic mass is 10.1. The molecule has 0 radical (unpaired) electrons. The molecule has 0 saturated heterocycles. The molecule has 0 aromatic heterocycles. The van der Waals surface area contributed by atoms with Gasteiger partial charge in [0.2, 0.25) is 10.0 Å². The molecule has 1 aliphatic rings. The standard InChI is InChI=1S/C22H30N4O3S/c1-3-23-22(24-12-10-18-6-9-21-19(16-18)11-15-29-21)25-13-14-26-30(27,28)20-7-4-17(2)5-8-20/h4-9,16,26H,3,10-15H2,1-2H3,(H2,23,24,25). The third kappa shape index (κ3) is 6.21. The number of guanidine groups is 1. The fourth-order valence-corrected chi connectivity index (χ4v) is 4.23. The topological polar surface area (TPSA) is 91.8 Å². The SMILES string of the molecule is CCNC(=NCCNS(=O)(=O)c1ccc(C)cc1)NCCc1ccc2c(c1)CCO2. The highest BCUT2D eigenvalue weighted by Crippen LogP contribution is 2.25. The van der Waals surface area contributed by atoms with E-state index in [4.69, 9.17) is 4.74 Å². The average molecular weight is 431 g/mol. The maximum absolute atomic E-state index is 12.3. The minimum atomic E-state index is -3.52. The second-order valence-corrected chi connectivity index (χ2v) is 8.96. The summed E-state index contributed by atoms with van der Waals surface area (Å²) in [6.07, 6.45) is 1.84. The highest BCUT2D eigenvalue weighted by Gasteiger charge is 2.13. The lowest BCUT2D eigenvalue weighted by Crippen LogP contribution is -2.39. The van der Waals surface area contributed by atoms with Crippen LogP contribution >= 0.6 is 0 Å². The minimum Gasteiger partial charge on any atom is -0.493 e. The van der Waals surface area contributed by atoms with Gasteiger partial charge < -0.3 is 15.4 Å². The van der Waals surface area contributed by atoms with Crippen molar-refractivity contribution in [3.8, 4) is 5.75 Å². The second-order valence-electron chi connectivity index (χ2n) is 7.19. The molecule has 3 N–H and O–H groups in total. The van der Waals surface area contributed by atoms with E-state index in [2.05, 4.69) is 32.5 Å². The summed E-state index contributed by atoms with van der Waals surface area (Å²) < 4.78 is 32.8. The number of aliphatic imine (C=N–C) groups is 1. The Hall–Kier alpha value is -2.58. The van der Waals surface area contributed by atoms with Crippen LogP contribution in [0.4, 0.5) is 0 Å². The monoisotopic (exact) mass is 430 g/mol. The van der Waals surface area contributed by atoms with Crippen molar-refractivity contribution in [2.24, 2.45) is 4.99 Å². The summed E-state index contributed by atoms with van der Waals surface area (Å²) in [7, 11) is -3.52. The number of ether oxygens (including phenoxy) is 1. The summed E-state index contributed by atoms with van der Waals surface area (Å²) >= 11 is 0. The zero-order valence-electron chi connectivity index (χ0n) is 17.6. The molecule has 0 fully saturated rings. The Morgan fingerprint density at radius 1 is 1.10 bits per heavy atom. The largest absolute Gasteiger partial charge is 0.493 e. The molecule has 162 valence electrons. The molecule has 0 amide bonds. The average Bonchev–Trinajstić information content (AvgIpc) is 3.19. The zero-order chi connectivity index (χ0) is 21.4. The Bertz CT molecular complexity index is 972. The van der Waals surface area contributed by atoms with Gasteiger partial charge >= 0.3 is 0 Å². The second kappa shape index (κ2) is 10.4. The maximum atomic E-state index is 12.3. The van der Waals surface area contributed by atoms with Crippen molar-refractivity contribution < 1.29 is 13.2 Å². The normalized spacial score (nSPS) is 13.6. The summed E-state index contributed by atoms with van der Waals surface area (Å²) in [6.45, 7) is 6.73. The van der Waals surface area contributed by atoms with Gasteiger partial charge in [-0.25, -0.2) is 13.1 Å². The smallest absolute Gasteiger partial charge is 0.240 e. The van der Waals surface area contributed by atoms with Crippen LogP contribution in [0.1, 0.15) is 23.6 Å². The van der Waals surface area contributed by atoms with Crippen molar-refractivity contribution in [2.75, 3.05) is 32.8 Å². The van der Waals surface area contributed by atoms with E-state index < -0.39 is 10.0 Å². The summed E-state index contributed by atoms with van der Waals surface area (Å²) in [5.74, 6) is 1.67. The number of rotatable bonds is 9. The number of sulfonamides is 1. The molecule has 3 rings (SSSR count). The van der Waals surface area contributed by atoms with Crippen molar-refractivity contribution in [1.29, 1.82) is 0 Å². The Kier molecular flexibility index (Phi) is 7.70. The van der Waals surface area contributed by atoms with E-state index in [1.54, 1.807) is 24.3 Å². The van der Waals surface area contributed by atoms with Crippen molar-refractivity contribution in [3.05, 3.63) is 59.2 Å².